The molecule has 2 nitrogen and oxygen atoms in total. The summed E-state index contributed by atoms with van der Waals surface area (Å²) in [5, 5.41) is 0. The van der Waals surface area contributed by atoms with Crippen molar-refractivity contribution in [1.82, 2.24) is 0 Å². The number of hydrogen-bond donors (Lipinski definition) is 1. The van der Waals surface area contributed by atoms with E-state index in [1.54, 1.807) is 18.2 Å². The molecule has 0 radical (unpaired) electrons. The number of rotatable bonds is 5. The molecular formula is C10H13NO. The van der Waals surface area contributed by atoms with E-state index in [4.69, 9.17) is 5.73 Å². The lowest BCUT2D eigenvalue weighted by Gasteiger charge is -1.90. The Morgan fingerprint density at radius 1 is 1.42 bits per heavy atom. The Balaban J connectivity index is 4.20. The van der Waals surface area contributed by atoms with E-state index in [0.717, 1.165) is 6.42 Å². The zero-order valence-corrected chi connectivity index (χ0v) is 6.99. The van der Waals surface area contributed by atoms with Gasteiger partial charge in [-0.1, -0.05) is 30.9 Å². The third kappa shape index (κ3) is 4.28. The average Bonchev–Trinajstić information content (AvgIpc) is 2.04. The fourth-order valence-corrected chi connectivity index (χ4v) is 0.597. The standard InChI is InChI=1S/C10H13NO/c1-3-5-6-7-8-9(4-2)10(11)12/h3-4,6-8H,1-2,5H2,(H2,11,12). The topological polar surface area (TPSA) is 43.1 Å². The molecule has 0 saturated carbocycles. The number of carbonyl (C=O) groups excluding carboxylic acids is 1. The van der Waals surface area contributed by atoms with Crippen molar-refractivity contribution in [3.05, 3.63) is 49.1 Å². The maximum atomic E-state index is 10.6. The van der Waals surface area contributed by atoms with Crippen LogP contribution in [-0.4, -0.2) is 5.91 Å². The van der Waals surface area contributed by atoms with E-state index in [1.807, 2.05) is 6.08 Å². The maximum absolute atomic E-state index is 10.6. The molecule has 12 heavy (non-hydrogen) atoms. The van der Waals surface area contributed by atoms with Gasteiger partial charge in [0.05, 0.1) is 0 Å². The minimum Gasteiger partial charge on any atom is -0.366 e. The first-order valence-electron chi connectivity index (χ1n) is 3.62. The minimum atomic E-state index is -0.465. The van der Waals surface area contributed by atoms with Gasteiger partial charge in [0, 0.05) is 5.57 Å². The molecule has 0 bridgehead atoms. The highest BCUT2D eigenvalue weighted by atomic mass is 16.1. The predicted molar refractivity (Wildman–Crippen MR) is 51.4 cm³/mol. The molecular weight excluding hydrogens is 150 g/mol. The molecule has 0 aromatic carbocycles. The normalized spacial score (nSPS) is 11.5. The first-order valence-corrected chi connectivity index (χ1v) is 3.62. The van der Waals surface area contributed by atoms with E-state index in [2.05, 4.69) is 13.2 Å². The zero-order valence-electron chi connectivity index (χ0n) is 6.99. The number of primary amides is 1. The van der Waals surface area contributed by atoms with E-state index in [1.165, 1.54) is 6.08 Å². The first kappa shape index (κ1) is 10.4. The molecule has 0 aliphatic rings. The molecule has 0 aromatic heterocycles. The highest BCUT2D eigenvalue weighted by Crippen LogP contribution is 1.95. The Morgan fingerprint density at radius 3 is 2.50 bits per heavy atom. The summed E-state index contributed by atoms with van der Waals surface area (Å²) < 4.78 is 0. The molecule has 1 amide bonds. The van der Waals surface area contributed by atoms with Gasteiger partial charge in [-0.3, -0.25) is 4.79 Å². The fraction of sp³-hybridized carbons (Fsp3) is 0.100. The van der Waals surface area contributed by atoms with Crippen molar-refractivity contribution in [2.45, 2.75) is 6.42 Å². The lowest BCUT2D eigenvalue weighted by Crippen LogP contribution is -2.11. The Morgan fingerprint density at radius 2 is 2.08 bits per heavy atom. The molecule has 0 saturated heterocycles. The number of nitrogens with two attached hydrogens (primary N) is 1. The summed E-state index contributed by atoms with van der Waals surface area (Å²) in [7, 11) is 0. The largest absolute Gasteiger partial charge is 0.366 e. The molecule has 64 valence electrons. The van der Waals surface area contributed by atoms with E-state index >= 15 is 0 Å². The molecule has 0 unspecified atom stereocenters. The highest BCUT2D eigenvalue weighted by Gasteiger charge is 1.95. The zero-order chi connectivity index (χ0) is 9.40. The van der Waals surface area contributed by atoms with Gasteiger partial charge in [0.2, 0.25) is 5.91 Å². The lowest BCUT2D eigenvalue weighted by atomic mass is 10.2. The average molecular weight is 163 g/mol. The molecule has 2 heteroatoms. The monoisotopic (exact) mass is 163 g/mol. The van der Waals surface area contributed by atoms with Crippen molar-refractivity contribution in [1.29, 1.82) is 0 Å². The highest BCUT2D eigenvalue weighted by molar-refractivity contribution is 5.94. The minimum absolute atomic E-state index is 0.412. The third-order valence-corrected chi connectivity index (χ3v) is 1.22. The Labute approximate surface area is 72.8 Å². The number of amides is 1. The van der Waals surface area contributed by atoms with Crippen LogP contribution in [0.1, 0.15) is 6.42 Å². The van der Waals surface area contributed by atoms with E-state index < -0.39 is 5.91 Å². The van der Waals surface area contributed by atoms with Crippen LogP contribution in [-0.2, 0) is 4.79 Å². The lowest BCUT2D eigenvalue weighted by molar-refractivity contribution is -0.114. The van der Waals surface area contributed by atoms with Crippen LogP contribution in [0.2, 0.25) is 0 Å². The summed E-state index contributed by atoms with van der Waals surface area (Å²) in [6, 6.07) is 0. The Hall–Kier alpha value is -1.57. The van der Waals surface area contributed by atoms with Crippen LogP contribution in [0.3, 0.4) is 0 Å². The van der Waals surface area contributed by atoms with Gasteiger partial charge in [-0.25, -0.2) is 0 Å². The van der Waals surface area contributed by atoms with Crippen LogP contribution in [0.5, 0.6) is 0 Å². The molecule has 0 aliphatic heterocycles. The van der Waals surface area contributed by atoms with E-state index in [0.29, 0.717) is 5.57 Å². The number of hydrogen-bond acceptors (Lipinski definition) is 1. The van der Waals surface area contributed by atoms with E-state index in [-0.39, 0.29) is 0 Å². The summed E-state index contributed by atoms with van der Waals surface area (Å²) >= 11 is 0. The second-order valence-corrected chi connectivity index (χ2v) is 2.14. The molecule has 2 N–H and O–H groups in total. The van der Waals surface area contributed by atoms with Crippen LogP contribution in [0, 0.1) is 0 Å². The van der Waals surface area contributed by atoms with Gasteiger partial charge in [0.25, 0.3) is 0 Å². The van der Waals surface area contributed by atoms with Gasteiger partial charge in [0.1, 0.15) is 0 Å². The van der Waals surface area contributed by atoms with Gasteiger partial charge in [-0.2, -0.15) is 0 Å². The molecule has 0 atom stereocenters. The Bertz CT molecular complexity index is 236. The van der Waals surface area contributed by atoms with Crippen molar-refractivity contribution < 1.29 is 4.79 Å². The summed E-state index contributed by atoms with van der Waals surface area (Å²) in [5.41, 5.74) is 5.44. The quantitative estimate of drug-likeness (QED) is 0.374. The van der Waals surface area contributed by atoms with Crippen molar-refractivity contribution in [3.63, 3.8) is 0 Å². The third-order valence-electron chi connectivity index (χ3n) is 1.22. The second kappa shape index (κ2) is 6.16. The van der Waals surface area contributed by atoms with Gasteiger partial charge in [-0.05, 0) is 12.5 Å². The smallest absolute Gasteiger partial charge is 0.248 e. The maximum Gasteiger partial charge on any atom is 0.248 e. The van der Waals surface area contributed by atoms with Gasteiger partial charge in [-0.15, -0.1) is 6.58 Å². The molecule has 0 aliphatic carbocycles. The molecule has 0 fully saturated rings. The summed E-state index contributed by atoms with van der Waals surface area (Å²) in [5.74, 6) is -0.465. The van der Waals surface area contributed by atoms with Crippen molar-refractivity contribution >= 4 is 5.91 Å². The summed E-state index contributed by atoms with van der Waals surface area (Å²) in [6.45, 7) is 7.01. The van der Waals surface area contributed by atoms with Crippen LogP contribution >= 0.6 is 0 Å². The van der Waals surface area contributed by atoms with Gasteiger partial charge >= 0.3 is 0 Å². The second-order valence-electron chi connectivity index (χ2n) is 2.14. The SMILES string of the molecule is C=CCC=CC=C(C=C)C(N)=O. The van der Waals surface area contributed by atoms with Crippen LogP contribution in [0.25, 0.3) is 0 Å². The predicted octanol–water partition coefficient (Wildman–Crippen LogP) is 1.72. The van der Waals surface area contributed by atoms with Crippen molar-refractivity contribution in [3.8, 4) is 0 Å². The van der Waals surface area contributed by atoms with E-state index in [9.17, 15) is 4.79 Å². The summed E-state index contributed by atoms with van der Waals surface area (Å²) in [6.07, 6.45) is 9.23. The van der Waals surface area contributed by atoms with Crippen LogP contribution < -0.4 is 5.73 Å². The molecule has 0 aromatic rings. The van der Waals surface area contributed by atoms with Crippen molar-refractivity contribution in [2.75, 3.05) is 0 Å². The number of carbonyl (C=O) groups is 1. The Kier molecular flexibility index (Phi) is 5.35. The first-order chi connectivity index (χ1) is 5.72. The van der Waals surface area contributed by atoms with Gasteiger partial charge in [0.15, 0.2) is 0 Å². The van der Waals surface area contributed by atoms with Crippen LogP contribution in [0.15, 0.2) is 49.1 Å². The van der Waals surface area contributed by atoms with Crippen LogP contribution in [0.4, 0.5) is 0 Å². The van der Waals surface area contributed by atoms with Crippen molar-refractivity contribution in [2.24, 2.45) is 5.73 Å². The number of allylic oxidation sites excluding steroid dienone is 4. The fourth-order valence-electron chi connectivity index (χ4n) is 0.597. The summed E-state index contributed by atoms with van der Waals surface area (Å²) in [4.78, 5) is 10.6. The molecule has 0 heterocycles. The molecule has 0 spiro atoms. The molecule has 0 rings (SSSR count). The van der Waals surface area contributed by atoms with Gasteiger partial charge < -0.3 is 5.73 Å².